The van der Waals surface area contributed by atoms with Gasteiger partial charge in [-0.3, -0.25) is 4.98 Å². The van der Waals surface area contributed by atoms with Crippen LogP contribution in [0.3, 0.4) is 0 Å². The minimum Gasteiger partial charge on any atom is -0.325 e. The molecule has 6 nitrogen and oxygen atoms in total. The molecule has 138 valence electrons. The van der Waals surface area contributed by atoms with Gasteiger partial charge in [0.1, 0.15) is 5.82 Å². The average Bonchev–Trinajstić information content (AvgIpc) is 3.11. The molecule has 2 aromatic heterocycles. The average molecular weight is 361 g/mol. The van der Waals surface area contributed by atoms with E-state index in [1.54, 1.807) is 12.4 Å². The number of hydrogen-bond acceptors (Lipinski definition) is 3. The number of benzene rings is 1. The fraction of sp³-hybridized carbons (Fsp3) is 0.286. The minimum atomic E-state index is -0.0311. The zero-order valence-electron chi connectivity index (χ0n) is 15.4. The number of para-hydroxylation sites is 1. The van der Waals surface area contributed by atoms with E-state index in [1.807, 2.05) is 53.6 Å². The Morgan fingerprint density at radius 3 is 2.48 bits per heavy atom. The zero-order chi connectivity index (χ0) is 18.6. The summed E-state index contributed by atoms with van der Waals surface area (Å²) in [7, 11) is 0. The summed E-state index contributed by atoms with van der Waals surface area (Å²) in [5.41, 5.74) is 3.05. The maximum Gasteiger partial charge on any atom is 0.321 e. The van der Waals surface area contributed by atoms with Crippen molar-refractivity contribution in [3.63, 3.8) is 0 Å². The quantitative estimate of drug-likeness (QED) is 0.763. The molecule has 0 unspecified atom stereocenters. The standard InChI is InChI=1S/C21H23N5O/c1-16-15-23-20(17-7-11-22-12-8-17)26(16)19-9-13-25(14-10-19)21(27)24-18-5-3-2-4-6-18/h2-8,11-12,15,19H,9-10,13-14H2,1H3,(H,24,27). The number of anilines is 1. The smallest absolute Gasteiger partial charge is 0.321 e. The summed E-state index contributed by atoms with van der Waals surface area (Å²) in [5, 5.41) is 2.97. The Balaban J connectivity index is 1.44. The van der Waals surface area contributed by atoms with Crippen LogP contribution in [0.25, 0.3) is 11.4 Å². The molecule has 1 aliphatic heterocycles. The Kier molecular flexibility index (Phi) is 4.87. The van der Waals surface area contributed by atoms with Gasteiger partial charge in [-0.05, 0) is 44.0 Å². The van der Waals surface area contributed by atoms with Crippen molar-refractivity contribution in [1.82, 2.24) is 19.4 Å². The fourth-order valence-electron chi connectivity index (χ4n) is 3.67. The van der Waals surface area contributed by atoms with Gasteiger partial charge in [0.15, 0.2) is 0 Å². The second kappa shape index (κ2) is 7.61. The van der Waals surface area contributed by atoms with Crippen LogP contribution in [0.2, 0.25) is 0 Å². The Bertz CT molecular complexity index is 899. The molecule has 0 spiro atoms. The highest BCUT2D eigenvalue weighted by molar-refractivity contribution is 5.89. The molecule has 1 saturated heterocycles. The summed E-state index contributed by atoms with van der Waals surface area (Å²) < 4.78 is 2.31. The summed E-state index contributed by atoms with van der Waals surface area (Å²) in [6.07, 6.45) is 7.33. The van der Waals surface area contributed by atoms with Crippen LogP contribution in [-0.4, -0.2) is 38.6 Å². The van der Waals surface area contributed by atoms with Gasteiger partial charge in [-0.2, -0.15) is 0 Å². The second-order valence-electron chi connectivity index (χ2n) is 6.84. The first-order valence-corrected chi connectivity index (χ1v) is 9.27. The molecule has 4 rings (SSSR count). The monoisotopic (exact) mass is 361 g/mol. The lowest BCUT2D eigenvalue weighted by molar-refractivity contribution is 0.183. The number of aryl methyl sites for hydroxylation is 1. The summed E-state index contributed by atoms with van der Waals surface area (Å²) in [5.74, 6) is 0.974. The summed E-state index contributed by atoms with van der Waals surface area (Å²) in [4.78, 5) is 23.1. The predicted octanol–water partition coefficient (Wildman–Crippen LogP) is 4.12. The summed E-state index contributed by atoms with van der Waals surface area (Å²) >= 11 is 0. The summed E-state index contributed by atoms with van der Waals surface area (Å²) in [6, 6.07) is 13.9. The Labute approximate surface area is 158 Å². The highest BCUT2D eigenvalue weighted by Gasteiger charge is 2.26. The third-order valence-corrected chi connectivity index (χ3v) is 5.06. The number of carbonyl (C=O) groups is 1. The summed E-state index contributed by atoms with van der Waals surface area (Å²) in [6.45, 7) is 3.56. The van der Waals surface area contributed by atoms with Crippen LogP contribution in [0.4, 0.5) is 10.5 Å². The van der Waals surface area contributed by atoms with Crippen LogP contribution < -0.4 is 5.32 Å². The molecule has 27 heavy (non-hydrogen) atoms. The highest BCUT2D eigenvalue weighted by atomic mass is 16.2. The van der Waals surface area contributed by atoms with E-state index < -0.39 is 0 Å². The number of likely N-dealkylation sites (tertiary alicyclic amines) is 1. The molecule has 0 atom stereocenters. The molecular formula is C21H23N5O. The number of aromatic nitrogens is 3. The normalized spacial score (nSPS) is 14.9. The molecule has 0 saturated carbocycles. The number of amides is 2. The van der Waals surface area contributed by atoms with E-state index in [0.717, 1.165) is 48.7 Å². The fourth-order valence-corrected chi connectivity index (χ4v) is 3.67. The van der Waals surface area contributed by atoms with Gasteiger partial charge in [0.2, 0.25) is 0 Å². The van der Waals surface area contributed by atoms with Crippen molar-refractivity contribution >= 4 is 11.7 Å². The lowest BCUT2D eigenvalue weighted by Gasteiger charge is -2.34. The minimum absolute atomic E-state index is 0.0311. The third kappa shape index (κ3) is 3.69. The highest BCUT2D eigenvalue weighted by Crippen LogP contribution is 2.30. The van der Waals surface area contributed by atoms with Crippen molar-refractivity contribution in [3.05, 3.63) is 66.7 Å². The van der Waals surface area contributed by atoms with E-state index in [1.165, 1.54) is 0 Å². The van der Waals surface area contributed by atoms with Crippen molar-refractivity contribution in [3.8, 4) is 11.4 Å². The first kappa shape index (κ1) is 17.3. The first-order valence-electron chi connectivity index (χ1n) is 9.27. The van der Waals surface area contributed by atoms with Crippen LogP contribution in [0, 0.1) is 6.92 Å². The van der Waals surface area contributed by atoms with E-state index >= 15 is 0 Å². The lowest BCUT2D eigenvalue weighted by Crippen LogP contribution is -2.41. The van der Waals surface area contributed by atoms with E-state index in [0.29, 0.717) is 6.04 Å². The molecule has 0 bridgehead atoms. The largest absolute Gasteiger partial charge is 0.325 e. The van der Waals surface area contributed by atoms with Crippen LogP contribution in [0.15, 0.2) is 61.1 Å². The van der Waals surface area contributed by atoms with Crippen LogP contribution in [-0.2, 0) is 0 Å². The number of nitrogens with zero attached hydrogens (tertiary/aromatic N) is 4. The molecule has 6 heteroatoms. The number of carbonyl (C=O) groups excluding carboxylic acids is 1. The van der Waals surface area contributed by atoms with Crippen molar-refractivity contribution in [2.45, 2.75) is 25.8 Å². The molecule has 0 aliphatic carbocycles. The topological polar surface area (TPSA) is 63.1 Å². The molecule has 2 amide bonds. The number of nitrogens with one attached hydrogen (secondary N) is 1. The number of imidazole rings is 1. The molecule has 3 aromatic rings. The molecule has 1 N–H and O–H groups in total. The molecule has 1 aliphatic rings. The van der Waals surface area contributed by atoms with Gasteiger partial charge in [0, 0.05) is 54.7 Å². The van der Waals surface area contributed by atoms with Crippen molar-refractivity contribution < 1.29 is 4.79 Å². The van der Waals surface area contributed by atoms with E-state index in [-0.39, 0.29) is 6.03 Å². The Morgan fingerprint density at radius 1 is 1.07 bits per heavy atom. The van der Waals surface area contributed by atoms with E-state index in [2.05, 4.69) is 26.8 Å². The van der Waals surface area contributed by atoms with Crippen molar-refractivity contribution in [2.75, 3.05) is 18.4 Å². The Morgan fingerprint density at radius 2 is 1.78 bits per heavy atom. The second-order valence-corrected chi connectivity index (χ2v) is 6.84. The van der Waals surface area contributed by atoms with Gasteiger partial charge in [-0.25, -0.2) is 9.78 Å². The predicted molar refractivity (Wildman–Crippen MR) is 105 cm³/mol. The van der Waals surface area contributed by atoms with Crippen LogP contribution >= 0.6 is 0 Å². The number of piperidine rings is 1. The van der Waals surface area contributed by atoms with Crippen molar-refractivity contribution in [1.29, 1.82) is 0 Å². The van der Waals surface area contributed by atoms with Gasteiger partial charge in [-0.1, -0.05) is 18.2 Å². The van der Waals surface area contributed by atoms with Crippen molar-refractivity contribution in [2.24, 2.45) is 0 Å². The van der Waals surface area contributed by atoms with E-state index in [4.69, 9.17) is 0 Å². The third-order valence-electron chi connectivity index (χ3n) is 5.06. The van der Waals surface area contributed by atoms with Gasteiger partial charge in [-0.15, -0.1) is 0 Å². The van der Waals surface area contributed by atoms with Gasteiger partial charge in [0.05, 0.1) is 0 Å². The van der Waals surface area contributed by atoms with Crippen LogP contribution in [0.5, 0.6) is 0 Å². The molecule has 1 fully saturated rings. The maximum atomic E-state index is 12.5. The van der Waals surface area contributed by atoms with Crippen LogP contribution in [0.1, 0.15) is 24.6 Å². The molecule has 3 heterocycles. The first-order chi connectivity index (χ1) is 13.2. The number of rotatable bonds is 3. The number of urea groups is 1. The molecular weight excluding hydrogens is 338 g/mol. The number of hydrogen-bond donors (Lipinski definition) is 1. The Hall–Kier alpha value is -3.15. The molecule has 1 aromatic carbocycles. The SMILES string of the molecule is Cc1cnc(-c2ccncc2)n1C1CCN(C(=O)Nc2ccccc2)CC1. The maximum absolute atomic E-state index is 12.5. The zero-order valence-corrected chi connectivity index (χ0v) is 15.4. The van der Waals surface area contributed by atoms with Gasteiger partial charge < -0.3 is 14.8 Å². The van der Waals surface area contributed by atoms with E-state index in [9.17, 15) is 4.79 Å². The molecule has 0 radical (unpaired) electrons. The van der Waals surface area contributed by atoms with Gasteiger partial charge >= 0.3 is 6.03 Å². The lowest BCUT2D eigenvalue weighted by atomic mass is 10.0. The van der Waals surface area contributed by atoms with Gasteiger partial charge in [0.25, 0.3) is 0 Å². The number of pyridine rings is 1.